The van der Waals surface area contributed by atoms with E-state index in [4.69, 9.17) is 20.4 Å². The van der Waals surface area contributed by atoms with Crippen LogP contribution in [0.15, 0.2) is 154 Å². The van der Waals surface area contributed by atoms with Crippen molar-refractivity contribution in [2.75, 3.05) is 0 Å². The molecule has 0 aliphatic heterocycles. The average Bonchev–Trinajstić information content (AvgIpc) is 3.77. The first-order chi connectivity index (χ1) is 22.7. The van der Waals surface area contributed by atoms with Crippen molar-refractivity contribution in [3.8, 4) is 27.9 Å². The summed E-state index contributed by atoms with van der Waals surface area (Å²) in [6.07, 6.45) is 0. The topological polar surface area (TPSA) is 31.2 Å². The predicted molar refractivity (Wildman–Crippen MR) is 191 cm³/mol. The molecule has 0 fully saturated rings. The fraction of sp³-hybridized carbons (Fsp3) is 0. The van der Waals surface area contributed by atoms with Gasteiger partial charge in [-0.25, -0.2) is 0 Å². The normalized spacial score (nSPS) is 12.0. The molecule has 3 heterocycles. The fourth-order valence-corrected chi connectivity index (χ4v) is 7.47. The van der Waals surface area contributed by atoms with Gasteiger partial charge in [-0.3, -0.25) is 0 Å². The van der Waals surface area contributed by atoms with Gasteiger partial charge in [0.1, 0.15) is 22.3 Å². The van der Waals surface area contributed by atoms with Gasteiger partial charge in [0.2, 0.25) is 0 Å². The van der Waals surface area contributed by atoms with E-state index in [1.165, 1.54) is 21.8 Å². The van der Waals surface area contributed by atoms with Crippen LogP contribution in [0, 0.1) is 0 Å². The van der Waals surface area contributed by atoms with Crippen LogP contribution in [0.5, 0.6) is 0 Å². The fourth-order valence-electron chi connectivity index (χ4n) is 7.21. The molecule has 0 atom stereocenters. The molecule has 0 spiro atoms. The Morgan fingerprint density at radius 2 is 1.02 bits per heavy atom. The molecule has 0 amide bonds. The number of benzene rings is 7. The van der Waals surface area contributed by atoms with Crippen molar-refractivity contribution < 1.29 is 8.83 Å². The summed E-state index contributed by atoms with van der Waals surface area (Å²) in [7, 11) is 0. The monoisotopic (exact) mass is 609 g/mol. The summed E-state index contributed by atoms with van der Waals surface area (Å²) >= 11 is 6.63. The number of aromatic nitrogens is 1. The van der Waals surface area contributed by atoms with E-state index in [0.717, 1.165) is 71.8 Å². The second-order valence-corrected chi connectivity index (χ2v) is 12.2. The van der Waals surface area contributed by atoms with Crippen LogP contribution in [0.2, 0.25) is 5.02 Å². The summed E-state index contributed by atoms with van der Waals surface area (Å²) < 4.78 is 14.9. The third kappa shape index (κ3) is 3.67. The second kappa shape index (κ2) is 9.61. The lowest BCUT2D eigenvalue weighted by molar-refractivity contribution is 0.669. The van der Waals surface area contributed by atoms with Gasteiger partial charge in [-0.1, -0.05) is 84.4 Å². The third-order valence-electron chi connectivity index (χ3n) is 9.27. The van der Waals surface area contributed by atoms with Crippen LogP contribution in [0.25, 0.3) is 93.6 Å². The maximum Gasteiger partial charge on any atom is 0.136 e. The molecule has 10 rings (SSSR count). The summed E-state index contributed by atoms with van der Waals surface area (Å²) in [6, 6.07) is 50.9. The van der Waals surface area contributed by atoms with Crippen LogP contribution in [0.4, 0.5) is 0 Å². The molecule has 0 aliphatic carbocycles. The Labute approximate surface area is 268 Å². The summed E-state index contributed by atoms with van der Waals surface area (Å²) in [5.74, 6) is 0. The third-order valence-corrected chi connectivity index (χ3v) is 9.59. The molecule has 216 valence electrons. The predicted octanol–water partition coefficient (Wildman–Crippen LogP) is 12.6. The molecular formula is C42H24ClNO2. The standard InChI is InChI=1S/C42H24ClNO2/c43-34-12-7-15-40-42(34)33-24-27(18-21-38(33)46-40)29-11-6-14-39-41(29)32-23-26(17-20-37(32)45-39)25-16-19-36-31(22-25)30-10-4-5-13-35(30)44(36)28-8-2-1-3-9-28/h1-24H. The highest BCUT2D eigenvalue weighted by molar-refractivity contribution is 6.37. The zero-order chi connectivity index (χ0) is 30.4. The van der Waals surface area contributed by atoms with E-state index in [1.54, 1.807) is 0 Å². The van der Waals surface area contributed by atoms with E-state index in [0.29, 0.717) is 5.02 Å². The van der Waals surface area contributed by atoms with Crippen molar-refractivity contribution in [1.29, 1.82) is 0 Å². The quantitative estimate of drug-likeness (QED) is 0.199. The highest BCUT2D eigenvalue weighted by Gasteiger charge is 2.17. The number of fused-ring (bicyclic) bond motifs is 9. The summed E-state index contributed by atoms with van der Waals surface area (Å²) in [5.41, 5.74) is 11.4. The SMILES string of the molecule is Clc1cccc2oc3ccc(-c4cccc5oc6ccc(-c7ccc8c(c7)c7ccccc7n8-c7ccccc7)cc6c45)cc3c12. The molecule has 4 heteroatoms. The highest BCUT2D eigenvalue weighted by atomic mass is 35.5. The molecular weight excluding hydrogens is 586 g/mol. The van der Waals surface area contributed by atoms with Gasteiger partial charge in [0.05, 0.1) is 16.1 Å². The van der Waals surface area contributed by atoms with Crippen molar-refractivity contribution in [1.82, 2.24) is 4.57 Å². The maximum atomic E-state index is 6.63. The van der Waals surface area contributed by atoms with Gasteiger partial charge in [0.25, 0.3) is 0 Å². The first-order valence-corrected chi connectivity index (χ1v) is 15.7. The first kappa shape index (κ1) is 25.5. The van der Waals surface area contributed by atoms with Crippen LogP contribution < -0.4 is 0 Å². The molecule has 0 bridgehead atoms. The molecule has 0 aliphatic rings. The number of para-hydroxylation sites is 2. The molecule has 7 aromatic carbocycles. The first-order valence-electron chi connectivity index (χ1n) is 15.4. The Morgan fingerprint density at radius 1 is 0.413 bits per heavy atom. The van der Waals surface area contributed by atoms with E-state index >= 15 is 0 Å². The average molecular weight is 610 g/mol. The molecule has 0 unspecified atom stereocenters. The van der Waals surface area contributed by atoms with Gasteiger partial charge < -0.3 is 13.4 Å². The Bertz CT molecular complexity index is 2820. The van der Waals surface area contributed by atoms with Crippen LogP contribution in [0.1, 0.15) is 0 Å². The zero-order valence-electron chi connectivity index (χ0n) is 24.5. The summed E-state index contributed by atoms with van der Waals surface area (Å²) in [6.45, 7) is 0. The second-order valence-electron chi connectivity index (χ2n) is 11.8. The van der Waals surface area contributed by atoms with E-state index < -0.39 is 0 Å². The molecule has 0 N–H and O–H groups in total. The lowest BCUT2D eigenvalue weighted by atomic mass is 9.96. The smallest absolute Gasteiger partial charge is 0.136 e. The van der Waals surface area contributed by atoms with Crippen molar-refractivity contribution in [3.05, 3.63) is 151 Å². The van der Waals surface area contributed by atoms with Gasteiger partial charge in [-0.2, -0.15) is 0 Å². The van der Waals surface area contributed by atoms with Gasteiger partial charge in [0.15, 0.2) is 0 Å². The van der Waals surface area contributed by atoms with Gasteiger partial charge in [0, 0.05) is 38.0 Å². The van der Waals surface area contributed by atoms with E-state index in [2.05, 4.69) is 120 Å². The van der Waals surface area contributed by atoms with Gasteiger partial charge in [-0.05, 0) is 95.1 Å². The largest absolute Gasteiger partial charge is 0.456 e. The van der Waals surface area contributed by atoms with Crippen LogP contribution in [0.3, 0.4) is 0 Å². The number of hydrogen-bond acceptors (Lipinski definition) is 2. The molecule has 0 radical (unpaired) electrons. The van der Waals surface area contributed by atoms with Crippen molar-refractivity contribution >= 4 is 77.3 Å². The number of halogens is 1. The Kier molecular flexibility index (Phi) is 5.34. The zero-order valence-corrected chi connectivity index (χ0v) is 25.3. The number of nitrogens with zero attached hydrogens (tertiary/aromatic N) is 1. The summed E-state index contributed by atoms with van der Waals surface area (Å²) in [4.78, 5) is 0. The minimum Gasteiger partial charge on any atom is -0.456 e. The minimum atomic E-state index is 0.689. The lowest BCUT2D eigenvalue weighted by Gasteiger charge is -2.08. The van der Waals surface area contributed by atoms with Gasteiger partial charge in [-0.15, -0.1) is 0 Å². The van der Waals surface area contributed by atoms with Crippen molar-refractivity contribution in [2.24, 2.45) is 0 Å². The highest BCUT2D eigenvalue weighted by Crippen LogP contribution is 2.42. The van der Waals surface area contributed by atoms with Crippen LogP contribution in [-0.4, -0.2) is 4.57 Å². The Morgan fingerprint density at radius 3 is 1.85 bits per heavy atom. The number of hydrogen-bond donors (Lipinski definition) is 0. The van der Waals surface area contributed by atoms with Gasteiger partial charge >= 0.3 is 0 Å². The van der Waals surface area contributed by atoms with E-state index in [1.807, 2.05) is 30.3 Å². The van der Waals surface area contributed by atoms with Crippen molar-refractivity contribution in [3.63, 3.8) is 0 Å². The summed E-state index contributed by atoms with van der Waals surface area (Å²) in [5, 5.41) is 7.29. The molecule has 46 heavy (non-hydrogen) atoms. The molecule has 10 aromatic rings. The molecule has 3 aromatic heterocycles. The number of rotatable bonds is 3. The molecule has 0 saturated carbocycles. The van der Waals surface area contributed by atoms with Crippen molar-refractivity contribution in [2.45, 2.75) is 0 Å². The minimum absolute atomic E-state index is 0.689. The van der Waals surface area contributed by atoms with E-state index in [9.17, 15) is 0 Å². The number of furan rings is 2. The Hall–Kier alpha value is -5.77. The Balaban J connectivity index is 1.17. The van der Waals surface area contributed by atoms with Crippen LogP contribution >= 0.6 is 11.6 Å². The molecule has 0 saturated heterocycles. The maximum absolute atomic E-state index is 6.63. The lowest BCUT2D eigenvalue weighted by Crippen LogP contribution is -1.92. The van der Waals surface area contributed by atoms with E-state index in [-0.39, 0.29) is 0 Å². The molecule has 3 nitrogen and oxygen atoms in total. The van der Waals surface area contributed by atoms with Crippen LogP contribution in [-0.2, 0) is 0 Å².